The molecule has 1 fully saturated rings. The van der Waals surface area contributed by atoms with E-state index in [0.29, 0.717) is 17.0 Å². The number of nitrogens with zero attached hydrogens (tertiary/aromatic N) is 3. The van der Waals surface area contributed by atoms with Gasteiger partial charge in [0.1, 0.15) is 5.82 Å². The average molecular weight is 319 g/mol. The second-order valence-corrected chi connectivity index (χ2v) is 6.20. The first-order valence-corrected chi connectivity index (χ1v) is 6.88. The van der Waals surface area contributed by atoms with Crippen LogP contribution in [0.3, 0.4) is 0 Å². The first-order valence-electron chi connectivity index (χ1n) is 5.71. The van der Waals surface area contributed by atoms with Crippen molar-refractivity contribution >= 4 is 33.3 Å². The Hall–Kier alpha value is -0.320. The maximum atomic E-state index is 6.24. The fraction of sp³-hybridized carbons (Fsp3) is 0.583. The van der Waals surface area contributed by atoms with E-state index in [2.05, 4.69) is 51.7 Å². The van der Waals surface area contributed by atoms with Gasteiger partial charge in [0.05, 0.1) is 5.02 Å². The predicted molar refractivity (Wildman–Crippen MR) is 75.8 cm³/mol. The van der Waals surface area contributed by atoms with E-state index in [1.54, 1.807) is 6.20 Å². The first-order chi connectivity index (χ1) is 7.99. The molecule has 1 aromatic rings. The van der Waals surface area contributed by atoms with E-state index in [4.69, 9.17) is 11.6 Å². The molecule has 1 aliphatic heterocycles. The molecule has 2 heterocycles. The Morgan fingerprint density at radius 2 is 2.18 bits per heavy atom. The molecule has 0 bridgehead atoms. The van der Waals surface area contributed by atoms with Crippen LogP contribution in [0.25, 0.3) is 0 Å². The molecule has 0 aliphatic carbocycles. The number of aromatic nitrogens is 1. The van der Waals surface area contributed by atoms with Gasteiger partial charge in [-0.3, -0.25) is 0 Å². The molecule has 2 unspecified atom stereocenters. The Morgan fingerprint density at radius 3 is 2.71 bits per heavy atom. The van der Waals surface area contributed by atoms with Crippen molar-refractivity contribution in [2.24, 2.45) is 5.92 Å². The van der Waals surface area contributed by atoms with E-state index < -0.39 is 0 Å². The number of rotatable bonds is 2. The SMILES string of the molecule is CC1CN(c2ncc(Br)cc2Cl)CC1N(C)C. The van der Waals surface area contributed by atoms with Crippen LogP contribution in [0.5, 0.6) is 0 Å². The summed E-state index contributed by atoms with van der Waals surface area (Å²) < 4.78 is 0.919. The molecule has 3 nitrogen and oxygen atoms in total. The monoisotopic (exact) mass is 317 g/mol. The van der Waals surface area contributed by atoms with E-state index in [1.165, 1.54) is 0 Å². The summed E-state index contributed by atoms with van der Waals surface area (Å²) in [6.07, 6.45) is 1.80. The van der Waals surface area contributed by atoms with Gasteiger partial charge in [-0.25, -0.2) is 4.98 Å². The van der Waals surface area contributed by atoms with Gasteiger partial charge in [0.15, 0.2) is 0 Å². The standard InChI is InChI=1S/C12H17BrClN3/c1-8-6-17(7-11(8)16(2)3)12-10(14)4-9(13)5-15-12/h4-5,8,11H,6-7H2,1-3H3. The molecule has 0 N–H and O–H groups in total. The lowest BCUT2D eigenvalue weighted by Gasteiger charge is -2.23. The van der Waals surface area contributed by atoms with Crippen molar-refractivity contribution in [1.29, 1.82) is 0 Å². The zero-order valence-corrected chi connectivity index (χ0v) is 12.7. The average Bonchev–Trinajstić information content (AvgIpc) is 2.60. The normalized spacial score (nSPS) is 24.7. The highest BCUT2D eigenvalue weighted by Crippen LogP contribution is 2.31. The topological polar surface area (TPSA) is 19.4 Å². The van der Waals surface area contributed by atoms with Gasteiger partial charge in [-0.1, -0.05) is 18.5 Å². The Bertz CT molecular complexity index is 411. The van der Waals surface area contributed by atoms with Crippen molar-refractivity contribution in [2.45, 2.75) is 13.0 Å². The molecule has 2 atom stereocenters. The third-order valence-electron chi connectivity index (χ3n) is 3.32. The third-order valence-corrected chi connectivity index (χ3v) is 4.04. The van der Waals surface area contributed by atoms with E-state index in [-0.39, 0.29) is 0 Å². The summed E-state index contributed by atoms with van der Waals surface area (Å²) in [7, 11) is 4.25. The van der Waals surface area contributed by atoms with Crippen molar-refractivity contribution in [3.63, 3.8) is 0 Å². The summed E-state index contributed by atoms with van der Waals surface area (Å²) in [5.41, 5.74) is 0. The number of anilines is 1. The zero-order valence-electron chi connectivity index (χ0n) is 10.3. The van der Waals surface area contributed by atoms with Crippen LogP contribution in [0.15, 0.2) is 16.7 Å². The maximum absolute atomic E-state index is 6.24. The highest BCUT2D eigenvalue weighted by Gasteiger charge is 2.32. The van der Waals surface area contributed by atoms with Crippen LogP contribution in [-0.4, -0.2) is 43.1 Å². The van der Waals surface area contributed by atoms with Gasteiger partial charge in [-0.2, -0.15) is 0 Å². The summed E-state index contributed by atoms with van der Waals surface area (Å²) in [6.45, 7) is 4.27. The Morgan fingerprint density at radius 1 is 1.47 bits per heavy atom. The molecule has 17 heavy (non-hydrogen) atoms. The quantitative estimate of drug-likeness (QED) is 0.836. The van der Waals surface area contributed by atoms with Crippen LogP contribution in [0.1, 0.15) is 6.92 Å². The molecule has 1 saturated heterocycles. The fourth-order valence-electron chi connectivity index (χ4n) is 2.43. The molecular formula is C12H17BrClN3. The molecule has 1 aromatic heterocycles. The largest absolute Gasteiger partial charge is 0.353 e. The minimum Gasteiger partial charge on any atom is -0.353 e. The number of pyridine rings is 1. The smallest absolute Gasteiger partial charge is 0.147 e. The van der Waals surface area contributed by atoms with Crippen molar-refractivity contribution in [3.05, 3.63) is 21.8 Å². The lowest BCUT2D eigenvalue weighted by Crippen LogP contribution is -2.34. The van der Waals surface area contributed by atoms with E-state index >= 15 is 0 Å². The Balaban J connectivity index is 2.19. The molecule has 1 aliphatic rings. The third kappa shape index (κ3) is 2.75. The molecule has 0 radical (unpaired) electrons. The van der Waals surface area contributed by atoms with Crippen LogP contribution in [0.4, 0.5) is 5.82 Å². The minimum atomic E-state index is 0.566. The lowest BCUT2D eigenvalue weighted by molar-refractivity contribution is 0.266. The van der Waals surface area contributed by atoms with Crippen molar-refractivity contribution in [2.75, 3.05) is 32.1 Å². The van der Waals surface area contributed by atoms with Gasteiger partial charge in [-0.15, -0.1) is 0 Å². The van der Waals surface area contributed by atoms with Gasteiger partial charge in [-0.05, 0) is 42.0 Å². The summed E-state index contributed by atoms with van der Waals surface area (Å²) in [4.78, 5) is 8.96. The van der Waals surface area contributed by atoms with E-state index in [1.807, 2.05) is 6.07 Å². The van der Waals surface area contributed by atoms with Crippen molar-refractivity contribution in [1.82, 2.24) is 9.88 Å². The molecule has 0 aromatic carbocycles. The molecular weight excluding hydrogens is 302 g/mol. The fourth-order valence-corrected chi connectivity index (χ4v) is 3.18. The molecule has 0 amide bonds. The predicted octanol–water partition coefficient (Wildman–Crippen LogP) is 2.88. The van der Waals surface area contributed by atoms with Gasteiger partial charge >= 0.3 is 0 Å². The molecule has 0 saturated carbocycles. The first kappa shape index (κ1) is 13.1. The molecule has 94 valence electrons. The second-order valence-electron chi connectivity index (χ2n) is 4.87. The van der Waals surface area contributed by atoms with E-state index in [9.17, 15) is 0 Å². The number of likely N-dealkylation sites (N-methyl/N-ethyl adjacent to an activating group) is 1. The maximum Gasteiger partial charge on any atom is 0.147 e. The van der Waals surface area contributed by atoms with Gasteiger partial charge in [0.2, 0.25) is 0 Å². The second kappa shape index (κ2) is 5.12. The van der Waals surface area contributed by atoms with Crippen LogP contribution < -0.4 is 4.90 Å². The highest BCUT2D eigenvalue weighted by atomic mass is 79.9. The van der Waals surface area contributed by atoms with Crippen LogP contribution in [0.2, 0.25) is 5.02 Å². The van der Waals surface area contributed by atoms with Crippen molar-refractivity contribution in [3.8, 4) is 0 Å². The highest BCUT2D eigenvalue weighted by molar-refractivity contribution is 9.10. The van der Waals surface area contributed by atoms with Crippen LogP contribution >= 0.6 is 27.5 Å². The summed E-state index contributed by atoms with van der Waals surface area (Å²) in [5.74, 6) is 1.53. The van der Waals surface area contributed by atoms with Crippen molar-refractivity contribution < 1.29 is 0 Å². The van der Waals surface area contributed by atoms with Crippen LogP contribution in [0, 0.1) is 5.92 Å². The zero-order chi connectivity index (χ0) is 12.6. The van der Waals surface area contributed by atoms with Gasteiger partial charge in [0.25, 0.3) is 0 Å². The molecule has 5 heteroatoms. The Kier molecular flexibility index (Phi) is 3.95. The number of hydrogen-bond donors (Lipinski definition) is 0. The van der Waals surface area contributed by atoms with Gasteiger partial charge < -0.3 is 9.80 Å². The number of hydrogen-bond acceptors (Lipinski definition) is 3. The molecule has 2 rings (SSSR count). The Labute approximate surface area is 116 Å². The number of halogens is 2. The van der Waals surface area contributed by atoms with Gasteiger partial charge in [0, 0.05) is 29.8 Å². The van der Waals surface area contributed by atoms with Crippen LogP contribution in [-0.2, 0) is 0 Å². The summed E-state index contributed by atoms with van der Waals surface area (Å²) >= 11 is 9.61. The molecule has 0 spiro atoms. The summed E-state index contributed by atoms with van der Waals surface area (Å²) in [6, 6.07) is 2.47. The lowest BCUT2D eigenvalue weighted by atomic mass is 10.1. The summed E-state index contributed by atoms with van der Waals surface area (Å²) in [5, 5.41) is 0.714. The minimum absolute atomic E-state index is 0.566. The van der Waals surface area contributed by atoms with E-state index in [0.717, 1.165) is 23.4 Å².